The van der Waals surface area contributed by atoms with E-state index in [0.717, 1.165) is 16.0 Å². The van der Waals surface area contributed by atoms with Crippen LogP contribution in [0.15, 0.2) is 35.1 Å². The zero-order chi connectivity index (χ0) is 16.4. The van der Waals surface area contributed by atoms with Gasteiger partial charge in [-0.25, -0.2) is 9.78 Å². The summed E-state index contributed by atoms with van der Waals surface area (Å²) >= 11 is 1.42. The molecular formula is C16H15N3O3S. The Balaban J connectivity index is 1.74. The summed E-state index contributed by atoms with van der Waals surface area (Å²) in [4.78, 5) is 32.4. The van der Waals surface area contributed by atoms with Crippen LogP contribution in [-0.2, 0) is 11.3 Å². The lowest BCUT2D eigenvalue weighted by Crippen LogP contribution is -2.19. The summed E-state index contributed by atoms with van der Waals surface area (Å²) in [6, 6.07) is 9.34. The first-order valence-electron chi connectivity index (χ1n) is 7.02. The number of amides is 1. The molecule has 23 heavy (non-hydrogen) atoms. The number of anilines is 1. The number of hydrogen-bond acceptors (Lipinski definition) is 5. The highest BCUT2D eigenvalue weighted by Crippen LogP contribution is 2.26. The van der Waals surface area contributed by atoms with Crippen LogP contribution in [0.3, 0.4) is 0 Å². The third-order valence-electron chi connectivity index (χ3n) is 3.47. The summed E-state index contributed by atoms with van der Waals surface area (Å²) < 4.78 is 5.10. The molecule has 0 aliphatic carbocycles. The Hall–Kier alpha value is -2.67. The van der Waals surface area contributed by atoms with Crippen molar-refractivity contribution in [2.24, 2.45) is 0 Å². The van der Waals surface area contributed by atoms with Gasteiger partial charge in [0.25, 0.3) is 5.56 Å². The molecule has 1 aromatic carbocycles. The Labute approximate surface area is 136 Å². The molecule has 0 radical (unpaired) electrons. The average molecular weight is 329 g/mol. The number of aromatic nitrogens is 2. The van der Waals surface area contributed by atoms with Crippen LogP contribution in [0.1, 0.15) is 16.0 Å². The van der Waals surface area contributed by atoms with Gasteiger partial charge in [-0.2, -0.15) is 0 Å². The van der Waals surface area contributed by atoms with E-state index in [9.17, 15) is 9.59 Å². The van der Waals surface area contributed by atoms with Gasteiger partial charge in [0.05, 0.1) is 5.39 Å². The first-order chi connectivity index (χ1) is 11.0. The van der Waals surface area contributed by atoms with Gasteiger partial charge in [0.15, 0.2) is 0 Å². The molecule has 0 aliphatic rings. The lowest BCUT2D eigenvalue weighted by molar-refractivity contribution is 0.155. The number of carbonyl (C=O) groups is 1. The summed E-state index contributed by atoms with van der Waals surface area (Å²) in [7, 11) is 0. The largest absolute Gasteiger partial charge is 0.444 e. The fourth-order valence-corrected chi connectivity index (χ4v) is 3.20. The van der Waals surface area contributed by atoms with Crippen molar-refractivity contribution in [3.8, 4) is 0 Å². The van der Waals surface area contributed by atoms with E-state index in [0.29, 0.717) is 10.2 Å². The Morgan fingerprint density at radius 2 is 2.04 bits per heavy atom. The molecule has 2 aromatic heterocycles. The van der Waals surface area contributed by atoms with Gasteiger partial charge in [-0.05, 0) is 25.0 Å². The molecule has 0 saturated heterocycles. The number of hydrogen-bond donors (Lipinski definition) is 2. The molecule has 0 spiro atoms. The first-order valence-corrected chi connectivity index (χ1v) is 7.84. The SMILES string of the molecule is Cc1sc2nc(NC(=O)OCc3ccccc3)[nH]c(=O)c2c1C. The topological polar surface area (TPSA) is 84.1 Å². The Morgan fingerprint density at radius 3 is 2.78 bits per heavy atom. The zero-order valence-electron chi connectivity index (χ0n) is 12.7. The molecule has 0 fully saturated rings. The van der Waals surface area contributed by atoms with Gasteiger partial charge in [0, 0.05) is 4.88 Å². The highest BCUT2D eigenvalue weighted by Gasteiger charge is 2.13. The van der Waals surface area contributed by atoms with E-state index in [4.69, 9.17) is 4.74 Å². The zero-order valence-corrected chi connectivity index (χ0v) is 13.5. The molecule has 2 N–H and O–H groups in total. The second-order valence-corrected chi connectivity index (χ2v) is 6.27. The molecule has 0 saturated carbocycles. The number of benzene rings is 1. The van der Waals surface area contributed by atoms with Crippen molar-refractivity contribution >= 4 is 33.6 Å². The third-order valence-corrected chi connectivity index (χ3v) is 4.57. The van der Waals surface area contributed by atoms with E-state index in [1.807, 2.05) is 44.2 Å². The monoisotopic (exact) mass is 329 g/mol. The molecule has 6 nitrogen and oxygen atoms in total. The normalized spacial score (nSPS) is 10.7. The highest BCUT2D eigenvalue weighted by molar-refractivity contribution is 7.18. The smallest absolute Gasteiger partial charge is 0.414 e. The molecule has 0 atom stereocenters. The molecule has 0 bridgehead atoms. The van der Waals surface area contributed by atoms with Crippen molar-refractivity contribution in [2.75, 3.05) is 5.32 Å². The molecule has 3 rings (SSSR count). The second kappa shape index (κ2) is 6.21. The van der Waals surface area contributed by atoms with Crippen LogP contribution in [0, 0.1) is 13.8 Å². The fraction of sp³-hybridized carbons (Fsp3) is 0.188. The molecule has 3 aromatic rings. The number of aryl methyl sites for hydroxylation is 2. The molecule has 0 aliphatic heterocycles. The summed E-state index contributed by atoms with van der Waals surface area (Å²) in [5.41, 5.74) is 1.52. The molecule has 118 valence electrons. The van der Waals surface area contributed by atoms with Crippen LogP contribution in [0.25, 0.3) is 10.2 Å². The number of H-pyrrole nitrogens is 1. The number of nitrogens with zero attached hydrogens (tertiary/aromatic N) is 1. The van der Waals surface area contributed by atoms with Gasteiger partial charge in [0.1, 0.15) is 11.4 Å². The Bertz CT molecular complexity index is 915. The van der Waals surface area contributed by atoms with E-state index in [2.05, 4.69) is 15.3 Å². The van der Waals surface area contributed by atoms with Gasteiger partial charge in [-0.3, -0.25) is 15.1 Å². The molecular weight excluding hydrogens is 314 g/mol. The Morgan fingerprint density at radius 1 is 1.30 bits per heavy atom. The number of ether oxygens (including phenoxy) is 1. The number of nitrogens with one attached hydrogen (secondary N) is 2. The molecule has 0 unspecified atom stereocenters. The van der Waals surface area contributed by atoms with Crippen molar-refractivity contribution in [1.82, 2.24) is 9.97 Å². The standard InChI is InChI=1S/C16H15N3O3S/c1-9-10(2)23-14-12(9)13(20)17-15(18-14)19-16(21)22-8-11-6-4-3-5-7-11/h3-7H,8H2,1-2H3,(H2,17,18,19,20,21). The van der Waals surface area contributed by atoms with Gasteiger partial charge >= 0.3 is 6.09 Å². The third kappa shape index (κ3) is 3.24. The van der Waals surface area contributed by atoms with E-state index in [-0.39, 0.29) is 18.1 Å². The quantitative estimate of drug-likeness (QED) is 0.772. The molecule has 2 heterocycles. The maximum absolute atomic E-state index is 12.1. The van der Waals surface area contributed by atoms with Crippen LogP contribution < -0.4 is 10.9 Å². The molecule has 7 heteroatoms. The van der Waals surface area contributed by atoms with Crippen LogP contribution in [-0.4, -0.2) is 16.1 Å². The van der Waals surface area contributed by atoms with Gasteiger partial charge in [-0.15, -0.1) is 11.3 Å². The van der Waals surface area contributed by atoms with Gasteiger partial charge < -0.3 is 4.74 Å². The van der Waals surface area contributed by atoms with E-state index >= 15 is 0 Å². The number of thiophene rings is 1. The maximum Gasteiger partial charge on any atom is 0.414 e. The number of rotatable bonds is 3. The highest BCUT2D eigenvalue weighted by atomic mass is 32.1. The van der Waals surface area contributed by atoms with Crippen LogP contribution in [0.2, 0.25) is 0 Å². The van der Waals surface area contributed by atoms with Crippen molar-refractivity contribution < 1.29 is 9.53 Å². The van der Waals surface area contributed by atoms with Crippen molar-refractivity contribution in [3.05, 3.63) is 56.7 Å². The van der Waals surface area contributed by atoms with Crippen molar-refractivity contribution in [1.29, 1.82) is 0 Å². The number of aromatic amines is 1. The lowest BCUT2D eigenvalue weighted by atomic mass is 10.2. The number of carbonyl (C=O) groups excluding carboxylic acids is 1. The number of fused-ring (bicyclic) bond motifs is 1. The average Bonchev–Trinajstić information content (AvgIpc) is 2.81. The minimum absolute atomic E-state index is 0.0850. The summed E-state index contributed by atoms with van der Waals surface area (Å²) in [6.45, 7) is 3.96. The molecule has 1 amide bonds. The lowest BCUT2D eigenvalue weighted by Gasteiger charge is -2.06. The first kappa shape index (κ1) is 15.2. The van der Waals surface area contributed by atoms with Crippen molar-refractivity contribution in [3.63, 3.8) is 0 Å². The second-order valence-electron chi connectivity index (χ2n) is 5.06. The fourth-order valence-electron chi connectivity index (χ4n) is 2.17. The maximum atomic E-state index is 12.1. The predicted octanol–water partition coefficient (Wildman–Crippen LogP) is 3.35. The minimum Gasteiger partial charge on any atom is -0.444 e. The summed E-state index contributed by atoms with van der Waals surface area (Å²) in [5.74, 6) is 0.0850. The minimum atomic E-state index is -0.665. The van der Waals surface area contributed by atoms with E-state index < -0.39 is 6.09 Å². The van der Waals surface area contributed by atoms with Gasteiger partial charge in [-0.1, -0.05) is 30.3 Å². The van der Waals surface area contributed by atoms with Gasteiger partial charge in [0.2, 0.25) is 5.95 Å². The Kier molecular flexibility index (Phi) is 4.12. The van der Waals surface area contributed by atoms with E-state index in [1.165, 1.54) is 11.3 Å². The van der Waals surface area contributed by atoms with Crippen LogP contribution in [0.5, 0.6) is 0 Å². The predicted molar refractivity (Wildman–Crippen MR) is 90.0 cm³/mol. The van der Waals surface area contributed by atoms with Crippen LogP contribution in [0.4, 0.5) is 10.7 Å². The summed E-state index contributed by atoms with van der Waals surface area (Å²) in [6.07, 6.45) is -0.665. The van der Waals surface area contributed by atoms with Crippen LogP contribution >= 0.6 is 11.3 Å². The van der Waals surface area contributed by atoms with E-state index in [1.54, 1.807) is 0 Å². The van der Waals surface area contributed by atoms with Crippen molar-refractivity contribution in [2.45, 2.75) is 20.5 Å². The summed E-state index contributed by atoms with van der Waals surface area (Å²) in [5, 5.41) is 3.02.